The fourth-order valence-electron chi connectivity index (χ4n) is 2.07. The van der Waals surface area contributed by atoms with E-state index in [9.17, 15) is 9.59 Å². The lowest BCUT2D eigenvalue weighted by atomic mass is 10.2. The van der Waals surface area contributed by atoms with Crippen molar-refractivity contribution in [3.8, 4) is 0 Å². The maximum Gasteiger partial charge on any atom is 0.253 e. The molecule has 1 unspecified atom stereocenters. The molecule has 1 aliphatic heterocycles. The van der Waals surface area contributed by atoms with Crippen LogP contribution in [-0.4, -0.2) is 49.1 Å². The van der Waals surface area contributed by atoms with Crippen molar-refractivity contribution in [3.63, 3.8) is 0 Å². The van der Waals surface area contributed by atoms with Crippen molar-refractivity contribution in [1.29, 1.82) is 0 Å². The number of hydrogen-bond donors (Lipinski definition) is 1. The molecular formula is C14H16BrClN2O3. The van der Waals surface area contributed by atoms with Gasteiger partial charge in [-0.05, 0) is 25.1 Å². The summed E-state index contributed by atoms with van der Waals surface area (Å²) in [6, 6.07) is 4.39. The molecule has 0 saturated carbocycles. The number of halogens is 2. The van der Waals surface area contributed by atoms with Crippen molar-refractivity contribution in [3.05, 3.63) is 33.3 Å². The molecule has 0 aromatic heterocycles. The van der Waals surface area contributed by atoms with Crippen LogP contribution < -0.4 is 5.32 Å². The number of nitrogens with one attached hydrogen (secondary N) is 1. The molecule has 2 rings (SSSR count). The topological polar surface area (TPSA) is 58.6 Å². The molecule has 0 bridgehead atoms. The van der Waals surface area contributed by atoms with E-state index in [1.807, 2.05) is 0 Å². The summed E-state index contributed by atoms with van der Waals surface area (Å²) in [5, 5.41) is 3.02. The lowest BCUT2D eigenvalue weighted by Crippen LogP contribution is -2.50. The highest BCUT2D eigenvalue weighted by atomic mass is 79.9. The van der Waals surface area contributed by atoms with Crippen LogP contribution in [0.2, 0.25) is 5.02 Å². The molecule has 1 aromatic carbocycles. The van der Waals surface area contributed by atoms with Gasteiger partial charge in [0.25, 0.3) is 5.91 Å². The predicted octanol–water partition coefficient (Wildman–Crippen LogP) is 2.08. The average molecular weight is 376 g/mol. The molecule has 1 aliphatic rings. The highest BCUT2D eigenvalue weighted by molar-refractivity contribution is 9.10. The molecule has 1 fully saturated rings. The molecule has 0 radical (unpaired) electrons. The maximum atomic E-state index is 12.2. The largest absolute Gasteiger partial charge is 0.378 e. The van der Waals surface area contributed by atoms with Crippen molar-refractivity contribution >= 4 is 39.3 Å². The fraction of sp³-hybridized carbons (Fsp3) is 0.429. The third-order valence-corrected chi connectivity index (χ3v) is 4.02. The van der Waals surface area contributed by atoms with Crippen LogP contribution in [0.15, 0.2) is 22.7 Å². The highest BCUT2D eigenvalue weighted by Gasteiger charge is 2.24. The van der Waals surface area contributed by atoms with E-state index in [4.69, 9.17) is 16.3 Å². The Balaban J connectivity index is 1.99. The summed E-state index contributed by atoms with van der Waals surface area (Å²) < 4.78 is 6.00. The molecule has 1 aromatic rings. The van der Waals surface area contributed by atoms with Gasteiger partial charge in [0.15, 0.2) is 0 Å². The van der Waals surface area contributed by atoms with Crippen molar-refractivity contribution in [2.75, 3.05) is 26.3 Å². The maximum absolute atomic E-state index is 12.2. The normalized spacial score (nSPS) is 16.4. The van der Waals surface area contributed by atoms with E-state index >= 15 is 0 Å². The van der Waals surface area contributed by atoms with Crippen LogP contribution in [0.5, 0.6) is 0 Å². The number of amides is 2. The first-order valence-electron chi connectivity index (χ1n) is 6.61. The molecule has 0 spiro atoms. The van der Waals surface area contributed by atoms with Crippen LogP contribution in [0.25, 0.3) is 0 Å². The number of carbonyl (C=O) groups is 2. The Morgan fingerprint density at radius 1 is 1.38 bits per heavy atom. The highest BCUT2D eigenvalue weighted by Crippen LogP contribution is 2.21. The number of nitrogens with zero attached hydrogens (tertiary/aromatic N) is 1. The molecule has 1 N–H and O–H groups in total. The van der Waals surface area contributed by atoms with Gasteiger partial charge in [-0.2, -0.15) is 0 Å². The number of morpholine rings is 1. The monoisotopic (exact) mass is 374 g/mol. The number of benzene rings is 1. The van der Waals surface area contributed by atoms with Crippen LogP contribution >= 0.6 is 27.5 Å². The minimum atomic E-state index is -0.602. The van der Waals surface area contributed by atoms with Crippen LogP contribution in [-0.2, 0) is 9.53 Å². The quantitative estimate of drug-likeness (QED) is 0.880. The molecule has 7 heteroatoms. The molecule has 5 nitrogen and oxygen atoms in total. The first-order chi connectivity index (χ1) is 9.99. The van der Waals surface area contributed by atoms with E-state index < -0.39 is 6.04 Å². The van der Waals surface area contributed by atoms with E-state index in [-0.39, 0.29) is 11.8 Å². The number of hydrogen-bond acceptors (Lipinski definition) is 3. The summed E-state index contributed by atoms with van der Waals surface area (Å²) in [5.41, 5.74) is 0.349. The number of rotatable bonds is 3. The average Bonchev–Trinajstić information content (AvgIpc) is 2.47. The summed E-state index contributed by atoms with van der Waals surface area (Å²) in [6.45, 7) is 3.84. The van der Waals surface area contributed by atoms with Gasteiger partial charge in [0, 0.05) is 17.6 Å². The van der Waals surface area contributed by atoms with Crippen LogP contribution in [0.3, 0.4) is 0 Å². The Labute approximate surface area is 136 Å². The van der Waals surface area contributed by atoms with Gasteiger partial charge in [-0.3, -0.25) is 9.59 Å². The summed E-state index contributed by atoms with van der Waals surface area (Å²) in [7, 11) is 0. The minimum absolute atomic E-state index is 0.111. The van der Waals surface area contributed by atoms with E-state index in [2.05, 4.69) is 21.2 Å². The smallest absolute Gasteiger partial charge is 0.253 e. The van der Waals surface area contributed by atoms with Gasteiger partial charge in [0.05, 0.1) is 23.8 Å². The Hall–Kier alpha value is -1.11. The molecule has 1 saturated heterocycles. The number of carbonyl (C=O) groups excluding carboxylic acids is 2. The van der Waals surface area contributed by atoms with Gasteiger partial charge in [-0.1, -0.05) is 27.5 Å². The van der Waals surface area contributed by atoms with Gasteiger partial charge in [0.2, 0.25) is 5.91 Å². The first-order valence-corrected chi connectivity index (χ1v) is 7.78. The lowest BCUT2D eigenvalue weighted by Gasteiger charge is -2.29. The summed E-state index contributed by atoms with van der Waals surface area (Å²) in [4.78, 5) is 26.1. The molecular weight excluding hydrogens is 360 g/mol. The lowest BCUT2D eigenvalue weighted by molar-refractivity contribution is -0.136. The molecule has 114 valence electrons. The zero-order valence-electron chi connectivity index (χ0n) is 11.6. The third kappa shape index (κ3) is 4.18. The molecule has 21 heavy (non-hydrogen) atoms. The van der Waals surface area contributed by atoms with Crippen molar-refractivity contribution < 1.29 is 14.3 Å². The van der Waals surface area contributed by atoms with E-state index in [0.29, 0.717) is 36.9 Å². The second-order valence-electron chi connectivity index (χ2n) is 4.76. The minimum Gasteiger partial charge on any atom is -0.378 e. The van der Waals surface area contributed by atoms with E-state index in [1.165, 1.54) is 0 Å². The molecule has 1 atom stereocenters. The van der Waals surface area contributed by atoms with E-state index in [0.717, 1.165) is 4.47 Å². The van der Waals surface area contributed by atoms with Crippen LogP contribution in [0, 0.1) is 0 Å². The van der Waals surface area contributed by atoms with Gasteiger partial charge in [-0.25, -0.2) is 0 Å². The Morgan fingerprint density at radius 2 is 2.05 bits per heavy atom. The SMILES string of the molecule is CC(NC(=O)c1ccc(Br)cc1Cl)C(=O)N1CCOCC1. The summed E-state index contributed by atoms with van der Waals surface area (Å²) >= 11 is 9.32. The second-order valence-corrected chi connectivity index (χ2v) is 6.08. The van der Waals surface area contributed by atoms with Gasteiger partial charge in [0.1, 0.15) is 6.04 Å². The Morgan fingerprint density at radius 3 is 2.67 bits per heavy atom. The fourth-order valence-corrected chi connectivity index (χ4v) is 2.83. The summed E-state index contributed by atoms with van der Waals surface area (Å²) in [6.07, 6.45) is 0. The van der Waals surface area contributed by atoms with E-state index in [1.54, 1.807) is 30.0 Å². The standard InChI is InChI=1S/C14H16BrClN2O3/c1-9(14(20)18-4-6-21-7-5-18)17-13(19)11-3-2-10(15)8-12(11)16/h2-3,8-9H,4-7H2,1H3,(H,17,19). The predicted molar refractivity (Wildman–Crippen MR) is 83.5 cm³/mol. The Bertz CT molecular complexity index is 547. The van der Waals surface area contributed by atoms with Gasteiger partial charge >= 0.3 is 0 Å². The van der Waals surface area contributed by atoms with Gasteiger partial charge in [-0.15, -0.1) is 0 Å². The second kappa shape index (κ2) is 7.24. The molecule has 0 aliphatic carbocycles. The molecule has 1 heterocycles. The molecule has 2 amide bonds. The van der Waals surface area contributed by atoms with Crippen LogP contribution in [0.4, 0.5) is 0 Å². The van der Waals surface area contributed by atoms with Crippen molar-refractivity contribution in [2.24, 2.45) is 0 Å². The van der Waals surface area contributed by atoms with Crippen molar-refractivity contribution in [1.82, 2.24) is 10.2 Å². The van der Waals surface area contributed by atoms with Gasteiger partial charge < -0.3 is 15.0 Å². The zero-order chi connectivity index (χ0) is 15.4. The summed E-state index contributed by atoms with van der Waals surface area (Å²) in [5.74, 6) is -0.471. The first kappa shape index (κ1) is 16.3. The van der Waals surface area contributed by atoms with Crippen molar-refractivity contribution in [2.45, 2.75) is 13.0 Å². The zero-order valence-corrected chi connectivity index (χ0v) is 13.9. The Kier molecular flexibility index (Phi) is 5.61. The number of ether oxygens (including phenoxy) is 1. The third-order valence-electron chi connectivity index (χ3n) is 3.22. The van der Waals surface area contributed by atoms with Crippen LogP contribution in [0.1, 0.15) is 17.3 Å².